The van der Waals surface area contributed by atoms with E-state index in [0.29, 0.717) is 19.0 Å². The number of rotatable bonds is 6. The van der Waals surface area contributed by atoms with E-state index in [1.54, 1.807) is 0 Å². The summed E-state index contributed by atoms with van der Waals surface area (Å²) in [4.78, 5) is 12.5. The number of nitrogens with one attached hydrogen (secondary N) is 1. The summed E-state index contributed by atoms with van der Waals surface area (Å²) in [6.07, 6.45) is -2.99. The Morgan fingerprint density at radius 3 is 2.32 bits per heavy atom. The van der Waals surface area contributed by atoms with Gasteiger partial charge in [-0.15, -0.1) is 0 Å². The van der Waals surface area contributed by atoms with Crippen molar-refractivity contribution in [1.29, 1.82) is 0 Å². The van der Waals surface area contributed by atoms with E-state index < -0.39 is 26.8 Å². The van der Waals surface area contributed by atoms with Gasteiger partial charge in [-0.05, 0) is 61.2 Å². The van der Waals surface area contributed by atoms with Crippen LogP contribution in [-0.4, -0.2) is 38.1 Å². The monoisotopic (exact) mass is 474 g/mol. The Kier molecular flexibility index (Phi) is 6.98. The van der Waals surface area contributed by atoms with E-state index in [-0.39, 0.29) is 28.5 Å². The molecule has 1 fully saturated rings. The fourth-order valence-electron chi connectivity index (χ4n) is 3.32. The Balaban J connectivity index is 1.66. The maximum Gasteiger partial charge on any atom is 0.417 e. The average molecular weight is 475 g/mol. The molecule has 0 bridgehead atoms. The number of hydrogen-bond donors (Lipinski definition) is 1. The van der Waals surface area contributed by atoms with Crippen molar-refractivity contribution in [3.63, 3.8) is 0 Å². The van der Waals surface area contributed by atoms with Crippen LogP contribution in [0.2, 0.25) is 5.02 Å². The highest BCUT2D eigenvalue weighted by atomic mass is 35.5. The Hall–Kier alpha value is -2.10. The Morgan fingerprint density at radius 2 is 1.74 bits per heavy atom. The second-order valence-corrected chi connectivity index (χ2v) is 9.93. The van der Waals surface area contributed by atoms with Crippen molar-refractivity contribution in [2.75, 3.05) is 25.0 Å². The van der Waals surface area contributed by atoms with Crippen LogP contribution in [-0.2, 0) is 16.2 Å². The predicted octanol–water partition coefficient (Wildman–Crippen LogP) is 5.07. The number of Topliss-reactive ketones (excluding diaryl/α,β-unsaturated/α-hetero) is 1. The van der Waals surface area contributed by atoms with Gasteiger partial charge >= 0.3 is 6.18 Å². The van der Waals surface area contributed by atoms with Crippen LogP contribution >= 0.6 is 11.6 Å². The third kappa shape index (κ3) is 5.58. The molecule has 2 aromatic carbocycles. The largest absolute Gasteiger partial charge is 0.417 e. The first-order chi connectivity index (χ1) is 14.5. The number of halogens is 4. The van der Waals surface area contributed by atoms with Gasteiger partial charge in [-0.25, -0.2) is 8.42 Å². The van der Waals surface area contributed by atoms with E-state index >= 15 is 0 Å². The maximum absolute atomic E-state index is 12.9. The van der Waals surface area contributed by atoms with Gasteiger partial charge in [-0.1, -0.05) is 18.5 Å². The number of ketones is 1. The predicted molar refractivity (Wildman–Crippen MR) is 113 cm³/mol. The first kappa shape index (κ1) is 23.6. The molecule has 2 aromatic rings. The lowest BCUT2D eigenvalue weighted by molar-refractivity contribution is -0.137. The Labute approximate surface area is 184 Å². The van der Waals surface area contributed by atoms with Crippen LogP contribution in [0.5, 0.6) is 0 Å². The minimum absolute atomic E-state index is 0.101. The van der Waals surface area contributed by atoms with Crippen LogP contribution in [0.15, 0.2) is 47.4 Å². The SMILES string of the molecule is CC1CCN(S(=O)(=O)c2ccc(C(=O)CNc3ccc(Cl)c(C(F)(F)F)c3)cc2)CC1. The van der Waals surface area contributed by atoms with Gasteiger partial charge in [0.25, 0.3) is 0 Å². The lowest BCUT2D eigenvalue weighted by Crippen LogP contribution is -2.37. The zero-order valence-corrected chi connectivity index (χ0v) is 18.3. The molecule has 1 heterocycles. The third-order valence-electron chi connectivity index (χ3n) is 5.28. The van der Waals surface area contributed by atoms with Gasteiger partial charge in [0, 0.05) is 24.3 Å². The van der Waals surface area contributed by atoms with Crippen molar-refractivity contribution < 1.29 is 26.4 Å². The highest BCUT2D eigenvalue weighted by Crippen LogP contribution is 2.36. The van der Waals surface area contributed by atoms with E-state index in [1.807, 2.05) is 0 Å². The topological polar surface area (TPSA) is 66.5 Å². The normalized spacial score (nSPS) is 16.3. The lowest BCUT2D eigenvalue weighted by Gasteiger charge is -2.29. The standard InChI is InChI=1S/C21H22ClF3N2O3S/c1-14-8-10-27(11-9-14)31(29,30)17-5-2-15(3-6-17)20(28)13-26-16-4-7-19(22)18(12-16)21(23,24)25/h2-7,12,14,26H,8-11,13H2,1H3. The molecular formula is C21H22ClF3N2O3S. The number of carbonyl (C=O) groups excluding carboxylic acids is 1. The number of benzene rings is 2. The molecule has 31 heavy (non-hydrogen) atoms. The molecule has 0 unspecified atom stereocenters. The van der Waals surface area contributed by atoms with E-state index in [0.717, 1.165) is 25.0 Å². The summed E-state index contributed by atoms with van der Waals surface area (Å²) in [5, 5.41) is 2.22. The van der Waals surface area contributed by atoms with Gasteiger partial charge in [-0.3, -0.25) is 4.79 Å². The molecule has 1 saturated heterocycles. The molecule has 168 valence electrons. The van der Waals surface area contributed by atoms with Gasteiger partial charge in [0.1, 0.15) is 0 Å². The first-order valence-electron chi connectivity index (χ1n) is 9.72. The molecular weight excluding hydrogens is 453 g/mol. The van der Waals surface area contributed by atoms with E-state index in [4.69, 9.17) is 11.6 Å². The molecule has 0 saturated carbocycles. The molecule has 0 radical (unpaired) electrons. The molecule has 1 aliphatic heterocycles. The molecule has 0 aromatic heterocycles. The molecule has 0 atom stereocenters. The highest BCUT2D eigenvalue weighted by Gasteiger charge is 2.33. The summed E-state index contributed by atoms with van der Waals surface area (Å²) in [6.45, 7) is 2.77. The van der Waals surface area contributed by atoms with Crippen LogP contribution in [0.3, 0.4) is 0 Å². The molecule has 1 aliphatic rings. The summed E-state index contributed by atoms with van der Waals surface area (Å²) in [5.41, 5.74) is -0.638. The number of carbonyl (C=O) groups is 1. The number of nitrogens with zero attached hydrogens (tertiary/aromatic N) is 1. The van der Waals surface area contributed by atoms with Crippen molar-refractivity contribution in [2.24, 2.45) is 5.92 Å². The maximum atomic E-state index is 12.9. The average Bonchev–Trinajstić information content (AvgIpc) is 2.72. The number of alkyl halides is 3. The van der Waals surface area contributed by atoms with E-state index in [2.05, 4.69) is 12.2 Å². The van der Waals surface area contributed by atoms with Crippen molar-refractivity contribution >= 4 is 33.1 Å². The third-order valence-corrected chi connectivity index (χ3v) is 7.52. The van der Waals surface area contributed by atoms with Crippen molar-refractivity contribution in [3.05, 3.63) is 58.6 Å². The van der Waals surface area contributed by atoms with E-state index in [1.165, 1.54) is 34.6 Å². The van der Waals surface area contributed by atoms with Crippen LogP contribution < -0.4 is 5.32 Å². The van der Waals surface area contributed by atoms with Crippen molar-refractivity contribution in [3.8, 4) is 0 Å². The number of hydrogen-bond acceptors (Lipinski definition) is 4. The van der Waals surface area contributed by atoms with Gasteiger partial charge in [0.15, 0.2) is 5.78 Å². The summed E-state index contributed by atoms with van der Waals surface area (Å²) < 4.78 is 65.8. The fourth-order valence-corrected chi connectivity index (χ4v) is 5.02. The summed E-state index contributed by atoms with van der Waals surface area (Å²) >= 11 is 5.59. The second-order valence-electron chi connectivity index (χ2n) is 7.58. The van der Waals surface area contributed by atoms with Gasteiger partial charge < -0.3 is 5.32 Å². The number of piperidine rings is 1. The first-order valence-corrected chi connectivity index (χ1v) is 11.5. The highest BCUT2D eigenvalue weighted by molar-refractivity contribution is 7.89. The summed E-state index contributed by atoms with van der Waals surface area (Å²) in [6, 6.07) is 8.87. The molecule has 10 heteroatoms. The van der Waals surface area contributed by atoms with Gasteiger partial charge in [0.05, 0.1) is 22.0 Å². The fraction of sp³-hybridized carbons (Fsp3) is 0.381. The van der Waals surface area contributed by atoms with E-state index in [9.17, 15) is 26.4 Å². The van der Waals surface area contributed by atoms with Gasteiger partial charge in [-0.2, -0.15) is 17.5 Å². The molecule has 0 spiro atoms. The van der Waals surface area contributed by atoms with Crippen LogP contribution in [0, 0.1) is 5.92 Å². The van der Waals surface area contributed by atoms with Crippen LogP contribution in [0.25, 0.3) is 0 Å². The van der Waals surface area contributed by atoms with Crippen LogP contribution in [0.1, 0.15) is 35.7 Å². The molecule has 3 rings (SSSR count). The smallest absolute Gasteiger partial charge is 0.378 e. The summed E-state index contributed by atoms with van der Waals surface area (Å²) in [7, 11) is -3.62. The number of sulfonamides is 1. The molecule has 0 aliphatic carbocycles. The molecule has 5 nitrogen and oxygen atoms in total. The molecule has 1 N–H and O–H groups in total. The Bertz CT molecular complexity index is 1050. The minimum atomic E-state index is -4.60. The minimum Gasteiger partial charge on any atom is -0.378 e. The zero-order chi connectivity index (χ0) is 22.8. The van der Waals surface area contributed by atoms with Crippen LogP contribution in [0.4, 0.5) is 18.9 Å². The second kappa shape index (κ2) is 9.18. The summed E-state index contributed by atoms with van der Waals surface area (Å²) in [5.74, 6) is 0.103. The van der Waals surface area contributed by atoms with Gasteiger partial charge in [0.2, 0.25) is 10.0 Å². The number of anilines is 1. The quantitative estimate of drug-likeness (QED) is 0.593. The van der Waals surface area contributed by atoms with Crippen molar-refractivity contribution in [1.82, 2.24) is 4.31 Å². The zero-order valence-electron chi connectivity index (χ0n) is 16.7. The van der Waals surface area contributed by atoms with Crippen molar-refractivity contribution in [2.45, 2.75) is 30.8 Å². The lowest BCUT2D eigenvalue weighted by atomic mass is 10.0. The Morgan fingerprint density at radius 1 is 1.13 bits per heavy atom. The molecule has 0 amide bonds.